The molecule has 0 aromatic heterocycles. The molecular weight excluding hydrogens is 194 g/mol. The molecule has 1 amide bonds. The monoisotopic (exact) mass is 209 g/mol. The Hall–Kier alpha value is -0.620. The van der Waals surface area contributed by atoms with Crippen LogP contribution in [-0.4, -0.2) is 31.7 Å². The van der Waals surface area contributed by atoms with Crippen molar-refractivity contribution in [2.75, 3.05) is 12.8 Å². The van der Waals surface area contributed by atoms with Crippen LogP contribution in [0.3, 0.4) is 0 Å². The summed E-state index contributed by atoms with van der Waals surface area (Å²) in [6.07, 6.45) is 2.08. The predicted octanol–water partition coefficient (Wildman–Crippen LogP) is 0.181. The maximum absolute atomic E-state index is 10.7. The Bertz CT molecular complexity index is 247. The second-order valence-corrected chi connectivity index (χ2v) is 4.34. The van der Waals surface area contributed by atoms with Gasteiger partial charge < -0.3 is 5.32 Å². The predicted molar refractivity (Wildman–Crippen MR) is 49.0 cm³/mol. The van der Waals surface area contributed by atoms with Crippen LogP contribution in [0.2, 0.25) is 0 Å². The van der Waals surface area contributed by atoms with E-state index in [-0.39, 0.29) is 11.7 Å². The second kappa shape index (κ2) is 5.93. The topological polar surface area (TPSA) is 83.5 Å². The third kappa shape index (κ3) is 9.29. The van der Waals surface area contributed by atoms with Crippen LogP contribution in [-0.2, 0) is 14.9 Å². The summed E-state index contributed by atoms with van der Waals surface area (Å²) < 4.78 is 28.9. The van der Waals surface area contributed by atoms with Crippen LogP contribution in [0, 0.1) is 0 Å². The van der Waals surface area contributed by atoms with Crippen molar-refractivity contribution in [3.63, 3.8) is 0 Å². The molecule has 0 fully saturated rings. The average Bonchev–Trinajstić information content (AvgIpc) is 2.01. The van der Waals surface area contributed by atoms with E-state index in [2.05, 4.69) is 5.32 Å². The molecule has 0 rings (SSSR count). The summed E-state index contributed by atoms with van der Waals surface area (Å²) >= 11 is 0. The number of hydrogen-bond donors (Lipinski definition) is 2. The van der Waals surface area contributed by atoms with Crippen LogP contribution < -0.4 is 5.32 Å². The summed E-state index contributed by atoms with van der Waals surface area (Å²) in [7, 11) is -2.27. The van der Waals surface area contributed by atoms with E-state index in [1.165, 1.54) is 0 Å². The molecule has 0 saturated heterocycles. The van der Waals surface area contributed by atoms with E-state index in [1.807, 2.05) is 0 Å². The molecule has 0 spiro atoms. The minimum atomic E-state index is -3.83. The Morgan fingerprint density at radius 1 is 1.31 bits per heavy atom. The molecule has 78 valence electrons. The lowest BCUT2D eigenvalue weighted by molar-refractivity contribution is -0.120. The normalized spacial score (nSPS) is 11.2. The minimum absolute atomic E-state index is 0.0492. The van der Waals surface area contributed by atoms with Gasteiger partial charge >= 0.3 is 0 Å². The fraction of sp³-hybridized carbons (Fsp3) is 0.857. The van der Waals surface area contributed by atoms with Gasteiger partial charge in [0.05, 0.1) is 5.75 Å². The van der Waals surface area contributed by atoms with Gasteiger partial charge in [-0.05, 0) is 12.8 Å². The minimum Gasteiger partial charge on any atom is -0.359 e. The summed E-state index contributed by atoms with van der Waals surface area (Å²) in [4.78, 5) is 10.7. The molecule has 0 aromatic rings. The smallest absolute Gasteiger partial charge is 0.264 e. The van der Waals surface area contributed by atoms with Crippen LogP contribution in [0.4, 0.5) is 0 Å². The van der Waals surface area contributed by atoms with Crippen molar-refractivity contribution in [2.24, 2.45) is 0 Å². The number of unbranched alkanes of at least 4 members (excludes halogenated alkanes) is 2. The summed E-state index contributed by atoms with van der Waals surface area (Å²) in [5.41, 5.74) is 0. The van der Waals surface area contributed by atoms with Gasteiger partial charge in [-0.25, -0.2) is 0 Å². The molecule has 5 nitrogen and oxygen atoms in total. The highest BCUT2D eigenvalue weighted by Crippen LogP contribution is 2.01. The van der Waals surface area contributed by atoms with Crippen molar-refractivity contribution in [1.29, 1.82) is 0 Å². The number of amides is 1. The Kier molecular flexibility index (Phi) is 5.65. The van der Waals surface area contributed by atoms with Crippen LogP contribution in [0.5, 0.6) is 0 Å². The molecule has 13 heavy (non-hydrogen) atoms. The first-order valence-corrected chi connectivity index (χ1v) is 5.72. The number of carbonyl (C=O) groups is 1. The highest BCUT2D eigenvalue weighted by Gasteiger charge is 2.03. The lowest BCUT2D eigenvalue weighted by Crippen LogP contribution is -2.17. The van der Waals surface area contributed by atoms with Crippen LogP contribution >= 0.6 is 0 Å². The standard InChI is InChI=1S/C7H15NO4S/c1-8-7(9)5-3-2-4-6-13(10,11)12/h2-6H2,1H3,(H,8,9)(H,10,11,12). The summed E-state index contributed by atoms with van der Waals surface area (Å²) in [6.45, 7) is 0. The van der Waals surface area contributed by atoms with E-state index in [0.717, 1.165) is 0 Å². The first-order valence-electron chi connectivity index (χ1n) is 4.11. The highest BCUT2D eigenvalue weighted by atomic mass is 32.2. The zero-order valence-electron chi connectivity index (χ0n) is 7.62. The van der Waals surface area contributed by atoms with Crippen molar-refractivity contribution in [2.45, 2.75) is 25.7 Å². The van der Waals surface area contributed by atoms with Gasteiger partial charge in [0, 0.05) is 13.5 Å². The van der Waals surface area contributed by atoms with E-state index in [1.54, 1.807) is 7.05 Å². The molecule has 0 aromatic carbocycles. The van der Waals surface area contributed by atoms with Crippen molar-refractivity contribution < 1.29 is 17.8 Å². The zero-order chi connectivity index (χ0) is 10.3. The van der Waals surface area contributed by atoms with Crippen molar-refractivity contribution >= 4 is 16.0 Å². The van der Waals surface area contributed by atoms with Gasteiger partial charge in [0.25, 0.3) is 10.1 Å². The van der Waals surface area contributed by atoms with E-state index < -0.39 is 10.1 Å². The summed E-state index contributed by atoms with van der Waals surface area (Å²) in [6, 6.07) is 0. The molecular formula is C7H15NO4S. The number of nitrogens with one attached hydrogen (secondary N) is 1. The van der Waals surface area contributed by atoms with Crippen LogP contribution in [0.15, 0.2) is 0 Å². The molecule has 2 N–H and O–H groups in total. The molecule has 0 heterocycles. The summed E-state index contributed by atoms with van der Waals surface area (Å²) in [5.74, 6) is -0.271. The van der Waals surface area contributed by atoms with Gasteiger partial charge in [-0.2, -0.15) is 8.42 Å². The highest BCUT2D eigenvalue weighted by molar-refractivity contribution is 7.85. The van der Waals surface area contributed by atoms with Crippen LogP contribution in [0.1, 0.15) is 25.7 Å². The van der Waals surface area contributed by atoms with Crippen molar-refractivity contribution in [3.8, 4) is 0 Å². The molecule has 0 aliphatic heterocycles. The Balaban J connectivity index is 3.33. The van der Waals surface area contributed by atoms with Crippen molar-refractivity contribution in [3.05, 3.63) is 0 Å². The molecule has 0 saturated carbocycles. The van der Waals surface area contributed by atoms with Gasteiger partial charge in [0.2, 0.25) is 5.91 Å². The zero-order valence-corrected chi connectivity index (χ0v) is 8.43. The number of hydrogen-bond acceptors (Lipinski definition) is 3. The second-order valence-electron chi connectivity index (χ2n) is 2.77. The van der Waals surface area contributed by atoms with Crippen LogP contribution in [0.25, 0.3) is 0 Å². The Morgan fingerprint density at radius 3 is 2.38 bits per heavy atom. The van der Waals surface area contributed by atoms with E-state index in [4.69, 9.17) is 4.55 Å². The number of rotatable bonds is 6. The van der Waals surface area contributed by atoms with Gasteiger partial charge in [-0.1, -0.05) is 6.42 Å². The SMILES string of the molecule is CNC(=O)CCCCCS(=O)(=O)O. The molecule has 0 aliphatic carbocycles. The van der Waals surface area contributed by atoms with Gasteiger partial charge in [-0.3, -0.25) is 9.35 Å². The maximum Gasteiger partial charge on any atom is 0.264 e. The Labute approximate surface area is 78.3 Å². The van der Waals surface area contributed by atoms with Crippen molar-refractivity contribution in [1.82, 2.24) is 5.32 Å². The van der Waals surface area contributed by atoms with Gasteiger partial charge in [0.15, 0.2) is 0 Å². The Morgan fingerprint density at radius 2 is 1.92 bits per heavy atom. The third-order valence-electron chi connectivity index (χ3n) is 1.58. The van der Waals surface area contributed by atoms with E-state index in [9.17, 15) is 13.2 Å². The lowest BCUT2D eigenvalue weighted by Gasteiger charge is -1.99. The lowest BCUT2D eigenvalue weighted by atomic mass is 10.2. The average molecular weight is 209 g/mol. The molecule has 0 radical (unpaired) electrons. The fourth-order valence-corrected chi connectivity index (χ4v) is 1.44. The summed E-state index contributed by atoms with van der Waals surface area (Å²) in [5, 5.41) is 2.47. The maximum atomic E-state index is 10.7. The van der Waals surface area contributed by atoms with Gasteiger partial charge in [-0.15, -0.1) is 0 Å². The largest absolute Gasteiger partial charge is 0.359 e. The fourth-order valence-electron chi connectivity index (χ4n) is 0.872. The number of carbonyl (C=O) groups excluding carboxylic acids is 1. The third-order valence-corrected chi connectivity index (χ3v) is 2.39. The van der Waals surface area contributed by atoms with E-state index >= 15 is 0 Å². The molecule has 0 unspecified atom stereocenters. The van der Waals surface area contributed by atoms with E-state index in [0.29, 0.717) is 25.7 Å². The molecule has 0 aliphatic rings. The molecule has 0 atom stereocenters. The first-order chi connectivity index (χ1) is 5.95. The first kappa shape index (κ1) is 12.4. The quantitative estimate of drug-likeness (QED) is 0.483. The molecule has 6 heteroatoms. The van der Waals surface area contributed by atoms with Gasteiger partial charge in [0.1, 0.15) is 0 Å². The molecule has 0 bridgehead atoms.